The lowest BCUT2D eigenvalue weighted by Crippen LogP contribution is -2.25. The summed E-state index contributed by atoms with van der Waals surface area (Å²) in [5.74, 6) is 0. The summed E-state index contributed by atoms with van der Waals surface area (Å²) < 4.78 is 7.40. The first kappa shape index (κ1) is 15.7. The van der Waals surface area contributed by atoms with Gasteiger partial charge in [-0.15, -0.1) is 5.10 Å². The van der Waals surface area contributed by atoms with E-state index in [1.54, 1.807) is 0 Å². The maximum Gasteiger partial charge on any atom is 0.0816 e. The van der Waals surface area contributed by atoms with E-state index in [2.05, 4.69) is 22.6 Å². The van der Waals surface area contributed by atoms with Gasteiger partial charge < -0.3 is 10.1 Å². The number of benzene rings is 1. The third kappa shape index (κ3) is 4.37. The van der Waals surface area contributed by atoms with Crippen LogP contribution in [0.25, 0.3) is 5.69 Å². The number of hydrogen-bond donors (Lipinski definition) is 1. The summed E-state index contributed by atoms with van der Waals surface area (Å²) in [6.07, 6.45) is 3.85. The van der Waals surface area contributed by atoms with E-state index in [-0.39, 0.29) is 6.04 Å². The van der Waals surface area contributed by atoms with Crippen molar-refractivity contribution in [1.29, 1.82) is 0 Å². The number of nitrogens with one attached hydrogen (secondary N) is 1. The zero-order chi connectivity index (χ0) is 14.9. The molecule has 5 nitrogen and oxygen atoms in total. The first-order valence-corrected chi connectivity index (χ1v) is 7.64. The molecule has 1 N–H and O–H groups in total. The Morgan fingerprint density at radius 2 is 2.05 bits per heavy atom. The fraction of sp³-hybridized carbons (Fsp3) is 0.500. The Bertz CT molecular complexity index is 512. The molecule has 0 spiro atoms. The third-order valence-electron chi connectivity index (χ3n) is 3.33. The van der Waals surface area contributed by atoms with E-state index in [0.29, 0.717) is 0 Å². The minimum atomic E-state index is 0.201. The summed E-state index contributed by atoms with van der Waals surface area (Å²) in [5, 5.41) is 11.9. The SMILES string of the molecule is CCCNC(CCOCC)c1cnnn1-c1ccccc1. The van der Waals surface area contributed by atoms with Crippen LogP contribution in [0.1, 0.15) is 38.4 Å². The molecular formula is C16H24N4O. The maximum absolute atomic E-state index is 5.50. The molecule has 0 aliphatic heterocycles. The highest BCUT2D eigenvalue weighted by atomic mass is 16.5. The fourth-order valence-corrected chi connectivity index (χ4v) is 2.27. The van der Waals surface area contributed by atoms with Crippen LogP contribution in [-0.4, -0.2) is 34.8 Å². The van der Waals surface area contributed by atoms with E-state index in [9.17, 15) is 0 Å². The minimum Gasteiger partial charge on any atom is -0.382 e. The van der Waals surface area contributed by atoms with Crippen LogP contribution in [0.4, 0.5) is 0 Å². The second-order valence-corrected chi connectivity index (χ2v) is 4.90. The van der Waals surface area contributed by atoms with Crippen LogP contribution in [0.3, 0.4) is 0 Å². The van der Waals surface area contributed by atoms with E-state index >= 15 is 0 Å². The molecule has 1 aromatic heterocycles. The summed E-state index contributed by atoms with van der Waals surface area (Å²) in [4.78, 5) is 0. The molecule has 114 valence electrons. The Balaban J connectivity index is 2.17. The molecule has 0 aliphatic rings. The Kier molecular flexibility index (Phi) is 6.37. The van der Waals surface area contributed by atoms with E-state index in [0.717, 1.165) is 44.0 Å². The van der Waals surface area contributed by atoms with E-state index in [1.165, 1.54) is 0 Å². The van der Waals surface area contributed by atoms with Crippen LogP contribution in [0.2, 0.25) is 0 Å². The van der Waals surface area contributed by atoms with Crippen molar-refractivity contribution in [2.45, 2.75) is 32.7 Å². The Morgan fingerprint density at radius 1 is 1.24 bits per heavy atom. The van der Waals surface area contributed by atoms with Gasteiger partial charge >= 0.3 is 0 Å². The number of ether oxygens (including phenoxy) is 1. The van der Waals surface area contributed by atoms with Gasteiger partial charge in [-0.3, -0.25) is 0 Å². The van der Waals surface area contributed by atoms with Gasteiger partial charge in [0.15, 0.2) is 0 Å². The predicted octanol–water partition coefficient (Wildman–Crippen LogP) is 2.73. The smallest absolute Gasteiger partial charge is 0.0816 e. The van der Waals surface area contributed by atoms with Crippen molar-refractivity contribution >= 4 is 0 Å². The van der Waals surface area contributed by atoms with Gasteiger partial charge in [0.05, 0.1) is 23.6 Å². The van der Waals surface area contributed by atoms with Gasteiger partial charge in [0.2, 0.25) is 0 Å². The molecule has 1 heterocycles. The van der Waals surface area contributed by atoms with Gasteiger partial charge in [-0.25, -0.2) is 4.68 Å². The lowest BCUT2D eigenvalue weighted by atomic mass is 10.1. The summed E-state index contributed by atoms with van der Waals surface area (Å²) in [6.45, 7) is 6.63. The molecule has 1 unspecified atom stereocenters. The molecule has 0 fully saturated rings. The van der Waals surface area contributed by atoms with Gasteiger partial charge in [0, 0.05) is 13.2 Å². The molecule has 0 saturated carbocycles. The first-order chi connectivity index (χ1) is 10.4. The second-order valence-electron chi connectivity index (χ2n) is 4.90. The summed E-state index contributed by atoms with van der Waals surface area (Å²) in [6, 6.07) is 10.3. The third-order valence-corrected chi connectivity index (χ3v) is 3.33. The van der Waals surface area contributed by atoms with Crippen LogP contribution in [0.5, 0.6) is 0 Å². The lowest BCUT2D eigenvalue weighted by Gasteiger charge is -2.19. The van der Waals surface area contributed by atoms with Crippen LogP contribution < -0.4 is 5.32 Å². The van der Waals surface area contributed by atoms with Crippen molar-refractivity contribution in [3.8, 4) is 5.69 Å². The summed E-state index contributed by atoms with van der Waals surface area (Å²) >= 11 is 0. The average molecular weight is 288 g/mol. The molecule has 0 radical (unpaired) electrons. The minimum absolute atomic E-state index is 0.201. The van der Waals surface area contributed by atoms with Crippen molar-refractivity contribution in [2.75, 3.05) is 19.8 Å². The molecule has 21 heavy (non-hydrogen) atoms. The molecule has 0 amide bonds. The first-order valence-electron chi connectivity index (χ1n) is 7.64. The standard InChI is InChI=1S/C16H24N4O/c1-3-11-17-15(10-12-21-4-2)16-13-18-19-20(16)14-8-6-5-7-9-14/h5-9,13,15,17H,3-4,10-12H2,1-2H3. The van der Waals surface area contributed by atoms with Crippen molar-refractivity contribution in [1.82, 2.24) is 20.3 Å². The van der Waals surface area contributed by atoms with Gasteiger partial charge in [-0.05, 0) is 38.4 Å². The van der Waals surface area contributed by atoms with Crippen LogP contribution >= 0.6 is 0 Å². The highest BCUT2D eigenvalue weighted by Crippen LogP contribution is 2.19. The predicted molar refractivity (Wildman–Crippen MR) is 83.5 cm³/mol. The largest absolute Gasteiger partial charge is 0.382 e. The van der Waals surface area contributed by atoms with Crippen LogP contribution in [-0.2, 0) is 4.74 Å². The molecule has 5 heteroatoms. The molecule has 2 rings (SSSR count). The lowest BCUT2D eigenvalue weighted by molar-refractivity contribution is 0.135. The van der Waals surface area contributed by atoms with Gasteiger partial charge in [0.1, 0.15) is 0 Å². The Hall–Kier alpha value is -1.72. The quantitative estimate of drug-likeness (QED) is 0.721. The molecule has 0 aliphatic carbocycles. The fourth-order valence-electron chi connectivity index (χ4n) is 2.27. The second kappa shape index (κ2) is 8.54. The highest BCUT2D eigenvalue weighted by Gasteiger charge is 2.17. The zero-order valence-electron chi connectivity index (χ0n) is 12.8. The van der Waals surface area contributed by atoms with Gasteiger partial charge in [-0.1, -0.05) is 30.3 Å². The summed E-state index contributed by atoms with van der Waals surface area (Å²) in [5.41, 5.74) is 2.11. The highest BCUT2D eigenvalue weighted by molar-refractivity contribution is 5.32. The number of aromatic nitrogens is 3. The van der Waals surface area contributed by atoms with Crippen molar-refractivity contribution in [3.63, 3.8) is 0 Å². The molecular weight excluding hydrogens is 264 g/mol. The molecule has 1 atom stereocenters. The van der Waals surface area contributed by atoms with E-state index in [4.69, 9.17) is 4.74 Å². The topological polar surface area (TPSA) is 52.0 Å². The van der Waals surface area contributed by atoms with Crippen molar-refractivity contribution < 1.29 is 4.74 Å². The van der Waals surface area contributed by atoms with E-state index < -0.39 is 0 Å². The number of hydrogen-bond acceptors (Lipinski definition) is 4. The number of rotatable bonds is 9. The Morgan fingerprint density at radius 3 is 2.76 bits per heavy atom. The summed E-state index contributed by atoms with van der Waals surface area (Å²) in [7, 11) is 0. The normalized spacial score (nSPS) is 12.5. The molecule has 0 bridgehead atoms. The maximum atomic E-state index is 5.50. The van der Waals surface area contributed by atoms with Crippen LogP contribution in [0, 0.1) is 0 Å². The molecule has 0 saturated heterocycles. The molecule has 2 aromatic rings. The van der Waals surface area contributed by atoms with E-state index in [1.807, 2.05) is 48.1 Å². The number of nitrogens with zero attached hydrogens (tertiary/aromatic N) is 3. The Labute approximate surface area is 126 Å². The molecule has 1 aromatic carbocycles. The van der Waals surface area contributed by atoms with Gasteiger partial charge in [0.25, 0.3) is 0 Å². The van der Waals surface area contributed by atoms with Crippen molar-refractivity contribution in [2.24, 2.45) is 0 Å². The van der Waals surface area contributed by atoms with Gasteiger partial charge in [-0.2, -0.15) is 0 Å². The number of para-hydroxylation sites is 1. The zero-order valence-corrected chi connectivity index (χ0v) is 12.8. The van der Waals surface area contributed by atoms with Crippen LogP contribution in [0.15, 0.2) is 36.5 Å². The van der Waals surface area contributed by atoms with Crippen molar-refractivity contribution in [3.05, 3.63) is 42.2 Å². The average Bonchev–Trinajstić information content (AvgIpc) is 3.01. The monoisotopic (exact) mass is 288 g/mol.